The van der Waals surface area contributed by atoms with Crippen molar-refractivity contribution in [2.24, 2.45) is 0 Å². The molecule has 3 aliphatic heterocycles. The predicted molar refractivity (Wildman–Crippen MR) is 250 cm³/mol. The monoisotopic (exact) mass is 812 g/mol. The molecule has 292 valence electrons. The maximum absolute atomic E-state index is 5.66. The molecule has 8 aromatic rings. The molecule has 1 aliphatic carbocycles. The minimum absolute atomic E-state index is 0.133. The molecule has 0 atom stereocenters. The molecule has 0 saturated heterocycles. The van der Waals surface area contributed by atoms with Gasteiger partial charge in [-0.25, -0.2) is 4.68 Å². The zero-order chi connectivity index (χ0) is 40.8. The fourth-order valence-corrected chi connectivity index (χ4v) is 12.5. The van der Waals surface area contributed by atoms with Gasteiger partial charge in [-0.1, -0.05) is 105 Å². The molecule has 0 bridgehead atoms. The third-order valence-corrected chi connectivity index (χ3v) is 15.0. The van der Waals surface area contributed by atoms with E-state index in [-0.39, 0.29) is 5.41 Å². The molecule has 0 unspecified atom stereocenters. The highest BCUT2D eigenvalue weighted by atomic mass is 32.2. The minimum Gasteiger partial charge on any atom is -0.308 e. The van der Waals surface area contributed by atoms with Crippen LogP contribution in [0.5, 0.6) is 0 Å². The summed E-state index contributed by atoms with van der Waals surface area (Å²) in [5, 5.41) is 5.66. The summed E-state index contributed by atoms with van der Waals surface area (Å²) in [7, 11) is 0. The summed E-state index contributed by atoms with van der Waals surface area (Å²) in [6, 6.07) is 53.3. The van der Waals surface area contributed by atoms with Crippen LogP contribution >= 0.6 is 23.5 Å². The molecule has 4 nitrogen and oxygen atoms in total. The van der Waals surface area contributed by atoms with E-state index in [1.54, 1.807) is 0 Å². The van der Waals surface area contributed by atoms with E-state index in [1.807, 2.05) is 23.5 Å². The second-order valence-electron chi connectivity index (χ2n) is 18.1. The second kappa shape index (κ2) is 12.5. The van der Waals surface area contributed by atoms with Crippen molar-refractivity contribution in [3.05, 3.63) is 184 Å². The van der Waals surface area contributed by atoms with Gasteiger partial charge in [-0.05, 0) is 157 Å². The summed E-state index contributed by atoms with van der Waals surface area (Å²) >= 11 is 3.75. The third kappa shape index (κ3) is 4.98. The normalized spacial score (nSPS) is 14.8. The Morgan fingerprint density at radius 2 is 0.883 bits per heavy atom. The number of hydrogen-bond donors (Lipinski definition) is 0. The SMILES string of the molecule is Cc1ccc2c(c1)Sc1cc(C)ccc1N2c1ccc2c(c1)C1(c3cc(N4c5ccc(C)cc5Sc5cc(C)ccc54)ccc3-2)c2ccccc2-c2cc(C(C)(C)C)nn21. The van der Waals surface area contributed by atoms with Crippen molar-refractivity contribution in [2.45, 2.75) is 79.0 Å². The number of anilines is 6. The first-order valence-corrected chi connectivity index (χ1v) is 22.5. The van der Waals surface area contributed by atoms with Crippen LogP contribution in [0.4, 0.5) is 34.1 Å². The average Bonchev–Trinajstić information content (AvgIpc) is 3.88. The lowest BCUT2D eigenvalue weighted by molar-refractivity contribution is 0.469. The van der Waals surface area contributed by atoms with Crippen molar-refractivity contribution in [3.63, 3.8) is 0 Å². The van der Waals surface area contributed by atoms with Gasteiger partial charge >= 0.3 is 0 Å². The Balaban J connectivity index is 1.14. The van der Waals surface area contributed by atoms with Gasteiger partial charge in [0.15, 0.2) is 0 Å². The van der Waals surface area contributed by atoms with Gasteiger partial charge < -0.3 is 9.80 Å². The lowest BCUT2D eigenvalue weighted by Gasteiger charge is -2.36. The van der Waals surface area contributed by atoms with E-state index in [0.29, 0.717) is 0 Å². The van der Waals surface area contributed by atoms with Gasteiger partial charge in [-0.15, -0.1) is 0 Å². The van der Waals surface area contributed by atoms with E-state index in [9.17, 15) is 0 Å². The first kappa shape index (κ1) is 35.9. The lowest BCUT2D eigenvalue weighted by Crippen LogP contribution is -2.34. The molecule has 4 heterocycles. The highest BCUT2D eigenvalue weighted by Crippen LogP contribution is 2.62. The number of aromatic nitrogens is 2. The van der Waals surface area contributed by atoms with Crippen molar-refractivity contribution in [1.29, 1.82) is 0 Å². The molecule has 1 spiro atoms. The number of benzene rings is 7. The number of hydrogen-bond acceptors (Lipinski definition) is 5. The van der Waals surface area contributed by atoms with Crippen LogP contribution in [0.1, 0.15) is 65.4 Å². The molecular weight excluding hydrogens is 769 g/mol. The Morgan fingerprint density at radius 1 is 0.450 bits per heavy atom. The zero-order valence-electron chi connectivity index (χ0n) is 34.9. The third-order valence-electron chi connectivity index (χ3n) is 12.8. The zero-order valence-corrected chi connectivity index (χ0v) is 36.5. The van der Waals surface area contributed by atoms with Crippen molar-refractivity contribution in [2.75, 3.05) is 9.80 Å². The highest BCUT2D eigenvalue weighted by Gasteiger charge is 2.54. The molecule has 60 heavy (non-hydrogen) atoms. The van der Waals surface area contributed by atoms with Crippen LogP contribution in [0, 0.1) is 27.7 Å². The largest absolute Gasteiger partial charge is 0.308 e. The van der Waals surface area contributed by atoms with Crippen LogP contribution in [-0.4, -0.2) is 9.78 Å². The Labute approximate surface area is 360 Å². The van der Waals surface area contributed by atoms with E-state index < -0.39 is 5.54 Å². The van der Waals surface area contributed by atoms with Crippen molar-refractivity contribution in [1.82, 2.24) is 9.78 Å². The Morgan fingerprint density at radius 3 is 1.32 bits per heavy atom. The van der Waals surface area contributed by atoms with Gasteiger partial charge in [0.2, 0.25) is 0 Å². The highest BCUT2D eigenvalue weighted by molar-refractivity contribution is 8.00. The molecule has 4 aliphatic rings. The molecule has 0 amide bonds. The summed E-state index contributed by atoms with van der Waals surface area (Å²) in [6.07, 6.45) is 0. The maximum Gasteiger partial charge on any atom is 0.140 e. The Bertz CT molecular complexity index is 2910. The standard InChI is InChI=1S/C54H44N4S2/c1-31-12-20-43-48(24-31)59-49-25-32(2)13-21-44(49)56(43)35-16-18-37-38-19-17-36(57-45-22-14-33(3)26-50(45)60-51-27-34(4)15-23-46(51)57)29-42(38)54(41(37)28-35)40-11-9-8-10-39(40)47-30-52(53(5,6)7)55-58(47)54/h8-30H,1-7H3. The first-order chi connectivity index (χ1) is 29.0. The van der Waals surface area contributed by atoms with Gasteiger partial charge in [0.1, 0.15) is 5.54 Å². The van der Waals surface area contributed by atoms with E-state index in [4.69, 9.17) is 5.10 Å². The van der Waals surface area contributed by atoms with Crippen LogP contribution in [0.3, 0.4) is 0 Å². The molecule has 0 fully saturated rings. The average molecular weight is 813 g/mol. The molecular formula is C54H44N4S2. The lowest BCUT2D eigenvalue weighted by atomic mass is 9.80. The van der Waals surface area contributed by atoms with Crippen molar-refractivity contribution in [3.8, 4) is 22.4 Å². The molecule has 0 radical (unpaired) electrons. The molecule has 7 aromatic carbocycles. The summed E-state index contributed by atoms with van der Waals surface area (Å²) in [5.74, 6) is 0. The maximum atomic E-state index is 5.66. The molecule has 1 aromatic heterocycles. The fraction of sp³-hybridized carbons (Fsp3) is 0.167. The minimum atomic E-state index is -0.709. The second-order valence-corrected chi connectivity index (χ2v) is 20.2. The topological polar surface area (TPSA) is 24.3 Å². The van der Waals surface area contributed by atoms with Crippen LogP contribution in [0.2, 0.25) is 0 Å². The predicted octanol–water partition coefficient (Wildman–Crippen LogP) is 15.1. The fourth-order valence-electron chi connectivity index (χ4n) is 10.0. The smallest absolute Gasteiger partial charge is 0.140 e. The van der Waals surface area contributed by atoms with E-state index in [2.05, 4.69) is 202 Å². The van der Waals surface area contributed by atoms with Crippen molar-refractivity contribution < 1.29 is 0 Å². The molecule has 0 N–H and O–H groups in total. The van der Waals surface area contributed by atoms with Gasteiger partial charge in [0.25, 0.3) is 0 Å². The summed E-state index contributed by atoms with van der Waals surface area (Å²) in [5.41, 5.74) is 21.1. The summed E-state index contributed by atoms with van der Waals surface area (Å²) in [6.45, 7) is 15.6. The van der Waals surface area contributed by atoms with Gasteiger partial charge in [0.05, 0.1) is 34.1 Å². The number of aryl methyl sites for hydroxylation is 4. The van der Waals surface area contributed by atoms with Crippen LogP contribution < -0.4 is 9.80 Å². The van der Waals surface area contributed by atoms with Crippen LogP contribution in [0.15, 0.2) is 159 Å². The van der Waals surface area contributed by atoms with Crippen LogP contribution in [0.25, 0.3) is 22.4 Å². The molecule has 12 rings (SSSR count). The van der Waals surface area contributed by atoms with Gasteiger partial charge in [-0.3, -0.25) is 0 Å². The van der Waals surface area contributed by atoms with E-state index in [0.717, 1.165) is 22.8 Å². The number of nitrogens with zero attached hydrogens (tertiary/aromatic N) is 4. The van der Waals surface area contributed by atoms with Gasteiger partial charge in [0, 0.05) is 41.9 Å². The molecule has 0 saturated carbocycles. The number of rotatable bonds is 2. The quantitative estimate of drug-likeness (QED) is 0.173. The molecule has 6 heteroatoms. The van der Waals surface area contributed by atoms with Crippen LogP contribution in [-0.2, 0) is 11.0 Å². The number of fused-ring (bicyclic) bond motifs is 14. The van der Waals surface area contributed by atoms with Gasteiger partial charge in [-0.2, -0.15) is 5.10 Å². The summed E-state index contributed by atoms with van der Waals surface area (Å²) in [4.78, 5) is 10.1. The van der Waals surface area contributed by atoms with E-state index >= 15 is 0 Å². The summed E-state index contributed by atoms with van der Waals surface area (Å²) < 4.78 is 2.39. The van der Waals surface area contributed by atoms with Crippen molar-refractivity contribution >= 4 is 57.6 Å². The van der Waals surface area contributed by atoms with E-state index in [1.165, 1.54) is 98.0 Å². The Hall–Kier alpha value is -5.95. The first-order valence-electron chi connectivity index (χ1n) is 20.9. The Kier molecular flexibility index (Phi) is 7.51.